The van der Waals surface area contributed by atoms with Gasteiger partial charge in [0.1, 0.15) is 12.1 Å². The molecule has 0 unspecified atom stereocenters. The number of aryl methyl sites for hydroxylation is 1. The topological polar surface area (TPSA) is 78.2 Å². The maximum atomic E-state index is 13.0. The first-order valence-electron chi connectivity index (χ1n) is 9.87. The van der Waals surface area contributed by atoms with Crippen LogP contribution in [-0.4, -0.2) is 24.3 Å². The minimum absolute atomic E-state index is 0.161. The summed E-state index contributed by atoms with van der Waals surface area (Å²) in [7, 11) is 0. The SMILES string of the molecule is CCc1ccc(-c2cc3c(=O)n(Cc4nc(-c5cccc(Cl)c5)no4)ccn3n2)cc1. The second-order valence-electron chi connectivity index (χ2n) is 7.16. The van der Waals surface area contributed by atoms with E-state index in [4.69, 9.17) is 16.1 Å². The number of hydrogen-bond acceptors (Lipinski definition) is 5. The van der Waals surface area contributed by atoms with Crippen molar-refractivity contribution in [2.45, 2.75) is 19.9 Å². The molecule has 0 radical (unpaired) electrons. The van der Waals surface area contributed by atoms with Crippen molar-refractivity contribution in [1.29, 1.82) is 0 Å². The summed E-state index contributed by atoms with van der Waals surface area (Å²) < 4.78 is 8.45. The Morgan fingerprint density at radius 1 is 1.03 bits per heavy atom. The zero-order valence-corrected chi connectivity index (χ0v) is 17.5. The van der Waals surface area contributed by atoms with Gasteiger partial charge in [0.2, 0.25) is 11.7 Å². The van der Waals surface area contributed by atoms with Gasteiger partial charge in [-0.2, -0.15) is 10.1 Å². The van der Waals surface area contributed by atoms with E-state index in [1.165, 1.54) is 10.1 Å². The predicted octanol–water partition coefficient (Wildman–Crippen LogP) is 4.48. The average Bonchev–Trinajstić information content (AvgIpc) is 3.44. The van der Waals surface area contributed by atoms with Crippen molar-refractivity contribution in [3.05, 3.63) is 93.8 Å². The molecule has 5 aromatic rings. The average molecular weight is 432 g/mol. The van der Waals surface area contributed by atoms with Crippen LogP contribution in [0.1, 0.15) is 18.4 Å². The highest BCUT2D eigenvalue weighted by Gasteiger charge is 2.13. The Morgan fingerprint density at radius 3 is 2.65 bits per heavy atom. The van der Waals surface area contributed by atoms with E-state index in [2.05, 4.69) is 34.3 Å². The number of fused-ring (bicyclic) bond motifs is 1. The molecule has 8 heteroatoms. The van der Waals surface area contributed by atoms with E-state index >= 15 is 0 Å². The summed E-state index contributed by atoms with van der Waals surface area (Å²) in [5, 5.41) is 9.12. The standard InChI is InChI=1S/C23H18ClN5O2/c1-2-15-6-8-16(9-7-15)19-13-20-23(30)28(10-11-29(20)26-19)14-21-25-22(27-31-21)17-4-3-5-18(24)12-17/h3-13H,2,14H2,1H3. The van der Waals surface area contributed by atoms with Gasteiger partial charge < -0.3 is 9.09 Å². The van der Waals surface area contributed by atoms with Crippen molar-refractivity contribution in [3.63, 3.8) is 0 Å². The van der Waals surface area contributed by atoms with E-state index in [0.29, 0.717) is 22.3 Å². The van der Waals surface area contributed by atoms with Gasteiger partial charge in [-0.15, -0.1) is 0 Å². The van der Waals surface area contributed by atoms with Crippen LogP contribution in [0, 0.1) is 0 Å². The first-order valence-corrected chi connectivity index (χ1v) is 10.2. The normalized spacial score (nSPS) is 11.3. The lowest BCUT2D eigenvalue weighted by Gasteiger charge is -2.02. The third kappa shape index (κ3) is 3.75. The maximum absolute atomic E-state index is 13.0. The molecule has 0 spiro atoms. The first kappa shape index (κ1) is 19.3. The Balaban J connectivity index is 1.44. The van der Waals surface area contributed by atoms with Crippen LogP contribution in [0.15, 0.2) is 76.3 Å². The molecular weight excluding hydrogens is 414 g/mol. The molecule has 0 amide bonds. The fourth-order valence-electron chi connectivity index (χ4n) is 3.41. The first-order chi connectivity index (χ1) is 15.1. The van der Waals surface area contributed by atoms with Crippen LogP contribution < -0.4 is 5.56 Å². The summed E-state index contributed by atoms with van der Waals surface area (Å²) in [5.41, 5.74) is 4.01. The second kappa shape index (κ2) is 7.85. The number of benzene rings is 2. The molecule has 31 heavy (non-hydrogen) atoms. The summed E-state index contributed by atoms with van der Waals surface area (Å²) in [6.45, 7) is 2.28. The van der Waals surface area contributed by atoms with E-state index in [0.717, 1.165) is 23.2 Å². The van der Waals surface area contributed by atoms with Crippen LogP contribution in [0.25, 0.3) is 28.2 Å². The highest BCUT2D eigenvalue weighted by atomic mass is 35.5. The molecule has 0 N–H and O–H groups in total. The fourth-order valence-corrected chi connectivity index (χ4v) is 3.60. The number of aromatic nitrogens is 5. The Morgan fingerprint density at radius 2 is 1.87 bits per heavy atom. The van der Waals surface area contributed by atoms with Gasteiger partial charge in [-0.1, -0.05) is 60.1 Å². The lowest BCUT2D eigenvalue weighted by atomic mass is 10.1. The lowest BCUT2D eigenvalue weighted by Crippen LogP contribution is -2.21. The van der Waals surface area contributed by atoms with Gasteiger partial charge in [-0.3, -0.25) is 4.79 Å². The Hall–Kier alpha value is -3.71. The van der Waals surface area contributed by atoms with Gasteiger partial charge in [0.15, 0.2) is 0 Å². The Labute approximate surface area is 182 Å². The molecule has 0 saturated heterocycles. The third-order valence-corrected chi connectivity index (χ3v) is 5.35. The summed E-state index contributed by atoms with van der Waals surface area (Å²) in [4.78, 5) is 17.4. The van der Waals surface area contributed by atoms with Crippen LogP contribution in [0.2, 0.25) is 5.02 Å². The summed E-state index contributed by atoms with van der Waals surface area (Å²) in [5.74, 6) is 0.755. The summed E-state index contributed by atoms with van der Waals surface area (Å²) >= 11 is 6.03. The van der Waals surface area contributed by atoms with Crippen molar-refractivity contribution in [2.24, 2.45) is 0 Å². The van der Waals surface area contributed by atoms with Gasteiger partial charge in [0.25, 0.3) is 5.56 Å². The molecule has 3 aromatic heterocycles. The van der Waals surface area contributed by atoms with Crippen LogP contribution >= 0.6 is 11.6 Å². The lowest BCUT2D eigenvalue weighted by molar-refractivity contribution is 0.370. The number of rotatable bonds is 5. The molecule has 0 fully saturated rings. The van der Waals surface area contributed by atoms with Crippen LogP contribution in [-0.2, 0) is 13.0 Å². The second-order valence-corrected chi connectivity index (χ2v) is 7.60. The largest absolute Gasteiger partial charge is 0.337 e. The fraction of sp³-hybridized carbons (Fsp3) is 0.130. The minimum Gasteiger partial charge on any atom is -0.337 e. The van der Waals surface area contributed by atoms with Crippen molar-refractivity contribution >= 4 is 17.1 Å². The molecule has 5 rings (SSSR count). The van der Waals surface area contributed by atoms with Crippen molar-refractivity contribution < 1.29 is 4.52 Å². The van der Waals surface area contributed by atoms with E-state index in [1.54, 1.807) is 35.1 Å². The Kier molecular flexibility index (Phi) is 4.88. The highest BCUT2D eigenvalue weighted by Crippen LogP contribution is 2.21. The minimum atomic E-state index is -0.186. The van der Waals surface area contributed by atoms with Gasteiger partial charge in [0.05, 0.1) is 5.69 Å². The van der Waals surface area contributed by atoms with Crippen molar-refractivity contribution in [2.75, 3.05) is 0 Å². The summed E-state index contributed by atoms with van der Waals surface area (Å²) in [6.07, 6.45) is 4.38. The molecule has 0 saturated carbocycles. The predicted molar refractivity (Wildman–Crippen MR) is 118 cm³/mol. The van der Waals surface area contributed by atoms with Gasteiger partial charge in [0, 0.05) is 28.5 Å². The van der Waals surface area contributed by atoms with Gasteiger partial charge in [-0.05, 0) is 30.2 Å². The van der Waals surface area contributed by atoms with E-state index in [-0.39, 0.29) is 12.1 Å². The quantitative estimate of drug-likeness (QED) is 0.410. The maximum Gasteiger partial charge on any atom is 0.277 e. The number of nitrogens with zero attached hydrogens (tertiary/aromatic N) is 5. The molecule has 0 bridgehead atoms. The Bertz CT molecular complexity index is 1430. The number of halogens is 1. The monoisotopic (exact) mass is 431 g/mol. The highest BCUT2D eigenvalue weighted by molar-refractivity contribution is 6.30. The van der Waals surface area contributed by atoms with E-state index in [9.17, 15) is 4.79 Å². The molecule has 154 valence electrons. The number of hydrogen-bond donors (Lipinski definition) is 0. The van der Waals surface area contributed by atoms with Crippen LogP contribution in [0.3, 0.4) is 0 Å². The molecule has 0 atom stereocenters. The summed E-state index contributed by atoms with van der Waals surface area (Å²) in [6, 6.07) is 17.2. The van der Waals surface area contributed by atoms with Gasteiger partial charge >= 0.3 is 0 Å². The smallest absolute Gasteiger partial charge is 0.277 e. The molecule has 7 nitrogen and oxygen atoms in total. The van der Waals surface area contributed by atoms with Crippen LogP contribution in [0.4, 0.5) is 0 Å². The molecule has 0 aliphatic carbocycles. The van der Waals surface area contributed by atoms with Gasteiger partial charge in [-0.25, -0.2) is 4.52 Å². The van der Waals surface area contributed by atoms with E-state index < -0.39 is 0 Å². The molecule has 0 aliphatic heterocycles. The van der Waals surface area contributed by atoms with Crippen molar-refractivity contribution in [3.8, 4) is 22.6 Å². The molecule has 3 heterocycles. The van der Waals surface area contributed by atoms with Crippen LogP contribution in [0.5, 0.6) is 0 Å². The van der Waals surface area contributed by atoms with E-state index in [1.807, 2.05) is 24.3 Å². The molecular formula is C23H18ClN5O2. The molecule has 0 aliphatic rings. The zero-order chi connectivity index (χ0) is 21.4. The zero-order valence-electron chi connectivity index (χ0n) is 16.7. The molecule has 2 aromatic carbocycles. The third-order valence-electron chi connectivity index (χ3n) is 5.12. The van der Waals surface area contributed by atoms with Crippen molar-refractivity contribution in [1.82, 2.24) is 24.3 Å².